The molecule has 1 saturated carbocycles. The van der Waals surface area contributed by atoms with Gasteiger partial charge in [0.15, 0.2) is 0 Å². The molecule has 3 N–H and O–H groups in total. The Kier molecular flexibility index (Phi) is 4.18. The maximum absolute atomic E-state index is 10.5. The van der Waals surface area contributed by atoms with Crippen molar-refractivity contribution in [2.24, 2.45) is 0 Å². The van der Waals surface area contributed by atoms with E-state index in [4.69, 9.17) is 0 Å². The van der Waals surface area contributed by atoms with Crippen LogP contribution in [0.3, 0.4) is 0 Å². The van der Waals surface area contributed by atoms with Gasteiger partial charge in [-0.25, -0.2) is 0 Å². The van der Waals surface area contributed by atoms with Crippen LogP contribution < -0.4 is 10.6 Å². The Balaban J connectivity index is 2.02. The Labute approximate surface area is 78.7 Å². The van der Waals surface area contributed by atoms with E-state index in [1.54, 1.807) is 0 Å². The second kappa shape index (κ2) is 5.19. The van der Waals surface area contributed by atoms with Crippen molar-refractivity contribution in [3.63, 3.8) is 0 Å². The molecule has 1 aliphatic carbocycles. The van der Waals surface area contributed by atoms with Gasteiger partial charge in [-0.1, -0.05) is 0 Å². The van der Waals surface area contributed by atoms with Crippen LogP contribution >= 0.6 is 0 Å². The van der Waals surface area contributed by atoms with Crippen LogP contribution in [0.5, 0.6) is 0 Å². The molecule has 0 saturated heterocycles. The molecule has 0 spiro atoms. The van der Waals surface area contributed by atoms with E-state index < -0.39 is 0 Å². The number of amides is 1. The maximum Gasteiger partial charge on any atom is 0.216 e. The van der Waals surface area contributed by atoms with E-state index in [-0.39, 0.29) is 18.1 Å². The third-order valence-electron chi connectivity index (χ3n) is 2.38. The van der Waals surface area contributed by atoms with E-state index in [1.807, 2.05) is 0 Å². The first-order valence-electron chi connectivity index (χ1n) is 4.86. The first-order valence-corrected chi connectivity index (χ1v) is 4.86. The summed E-state index contributed by atoms with van der Waals surface area (Å²) in [5.41, 5.74) is 0. The molecule has 1 rings (SSSR count). The van der Waals surface area contributed by atoms with Gasteiger partial charge in [-0.2, -0.15) is 0 Å². The van der Waals surface area contributed by atoms with Crippen molar-refractivity contribution in [3.8, 4) is 0 Å². The highest BCUT2D eigenvalue weighted by Crippen LogP contribution is 2.18. The van der Waals surface area contributed by atoms with Gasteiger partial charge in [-0.05, 0) is 19.3 Å². The van der Waals surface area contributed by atoms with E-state index in [1.165, 1.54) is 6.92 Å². The van der Waals surface area contributed by atoms with Crippen LogP contribution in [0, 0.1) is 0 Å². The van der Waals surface area contributed by atoms with Crippen LogP contribution in [0.1, 0.15) is 26.2 Å². The lowest BCUT2D eigenvalue weighted by molar-refractivity contribution is -0.118. The molecule has 0 aromatic heterocycles. The van der Waals surface area contributed by atoms with Gasteiger partial charge >= 0.3 is 0 Å². The molecule has 0 heterocycles. The Morgan fingerprint density at radius 3 is 2.77 bits per heavy atom. The summed E-state index contributed by atoms with van der Waals surface area (Å²) >= 11 is 0. The first kappa shape index (κ1) is 10.5. The zero-order valence-electron chi connectivity index (χ0n) is 8.05. The monoisotopic (exact) mass is 186 g/mol. The lowest BCUT2D eigenvalue weighted by Gasteiger charge is -2.16. The highest BCUT2D eigenvalue weighted by molar-refractivity contribution is 5.72. The standard InChI is InChI=1S/C9H18N2O2/c1-7(12)10-5-6-11-8-3-2-4-9(8)13/h8-9,11,13H,2-6H2,1H3,(H,10,12)/t8-,9-/m1/s1. The number of aliphatic hydroxyl groups excluding tert-OH is 1. The van der Waals surface area contributed by atoms with E-state index in [0.717, 1.165) is 25.8 Å². The van der Waals surface area contributed by atoms with Crippen LogP contribution in [0.4, 0.5) is 0 Å². The Morgan fingerprint density at radius 1 is 1.46 bits per heavy atom. The van der Waals surface area contributed by atoms with Crippen LogP contribution in [0.15, 0.2) is 0 Å². The predicted molar refractivity (Wildman–Crippen MR) is 50.3 cm³/mol. The number of nitrogens with one attached hydrogen (secondary N) is 2. The Bertz CT molecular complexity index is 173. The topological polar surface area (TPSA) is 61.4 Å². The molecular formula is C9H18N2O2. The molecule has 0 unspecified atom stereocenters. The summed E-state index contributed by atoms with van der Waals surface area (Å²) in [5.74, 6) is -0.00577. The summed E-state index contributed by atoms with van der Waals surface area (Å²) < 4.78 is 0. The number of rotatable bonds is 4. The molecular weight excluding hydrogens is 168 g/mol. The van der Waals surface area contributed by atoms with Crippen molar-refractivity contribution in [1.82, 2.24) is 10.6 Å². The van der Waals surface area contributed by atoms with Gasteiger partial charge in [0.1, 0.15) is 0 Å². The van der Waals surface area contributed by atoms with E-state index in [9.17, 15) is 9.90 Å². The molecule has 0 aliphatic heterocycles. The largest absolute Gasteiger partial charge is 0.392 e. The second-order valence-corrected chi connectivity index (χ2v) is 3.54. The van der Waals surface area contributed by atoms with Crippen molar-refractivity contribution >= 4 is 5.91 Å². The van der Waals surface area contributed by atoms with Crippen LogP contribution in [-0.4, -0.2) is 36.2 Å². The first-order chi connectivity index (χ1) is 6.20. The summed E-state index contributed by atoms with van der Waals surface area (Å²) in [7, 11) is 0. The molecule has 0 radical (unpaired) electrons. The number of carbonyl (C=O) groups is 1. The average Bonchev–Trinajstić information content (AvgIpc) is 2.45. The van der Waals surface area contributed by atoms with Gasteiger partial charge in [0, 0.05) is 26.1 Å². The zero-order chi connectivity index (χ0) is 9.68. The minimum absolute atomic E-state index is 0.00577. The van der Waals surface area contributed by atoms with Crippen molar-refractivity contribution < 1.29 is 9.90 Å². The Hall–Kier alpha value is -0.610. The van der Waals surface area contributed by atoms with Crippen LogP contribution in [0.2, 0.25) is 0 Å². The molecule has 0 aromatic carbocycles. The fourth-order valence-corrected chi connectivity index (χ4v) is 1.67. The Morgan fingerprint density at radius 2 is 2.23 bits per heavy atom. The maximum atomic E-state index is 10.5. The molecule has 0 bridgehead atoms. The molecule has 4 nitrogen and oxygen atoms in total. The van der Waals surface area contributed by atoms with Crippen LogP contribution in [0.25, 0.3) is 0 Å². The summed E-state index contributed by atoms with van der Waals surface area (Å²) in [6, 6.07) is 0.230. The zero-order valence-corrected chi connectivity index (χ0v) is 8.05. The SMILES string of the molecule is CC(=O)NCCN[C@@H]1CCC[C@H]1O. The summed E-state index contributed by atoms with van der Waals surface area (Å²) in [6.45, 7) is 2.88. The predicted octanol–water partition coefficient (Wildman–Crippen LogP) is -0.374. The summed E-state index contributed by atoms with van der Waals surface area (Å²) in [4.78, 5) is 10.5. The van der Waals surface area contributed by atoms with Gasteiger partial charge in [-0.15, -0.1) is 0 Å². The molecule has 2 atom stereocenters. The number of carbonyl (C=O) groups excluding carboxylic acids is 1. The van der Waals surface area contributed by atoms with E-state index in [2.05, 4.69) is 10.6 Å². The number of hydrogen-bond acceptors (Lipinski definition) is 3. The normalized spacial score (nSPS) is 27.5. The van der Waals surface area contributed by atoms with Gasteiger partial charge in [0.05, 0.1) is 6.10 Å². The minimum Gasteiger partial charge on any atom is -0.392 e. The van der Waals surface area contributed by atoms with Gasteiger partial charge in [-0.3, -0.25) is 4.79 Å². The van der Waals surface area contributed by atoms with Crippen molar-refractivity contribution in [2.75, 3.05) is 13.1 Å². The molecule has 13 heavy (non-hydrogen) atoms. The second-order valence-electron chi connectivity index (χ2n) is 3.54. The van der Waals surface area contributed by atoms with Gasteiger partial charge < -0.3 is 15.7 Å². The molecule has 1 fully saturated rings. The summed E-state index contributed by atoms with van der Waals surface area (Å²) in [5, 5.41) is 15.4. The van der Waals surface area contributed by atoms with E-state index >= 15 is 0 Å². The third-order valence-corrected chi connectivity index (χ3v) is 2.38. The van der Waals surface area contributed by atoms with Crippen molar-refractivity contribution in [1.29, 1.82) is 0 Å². The quantitative estimate of drug-likeness (QED) is 0.525. The summed E-state index contributed by atoms with van der Waals surface area (Å²) in [6.07, 6.45) is 2.84. The van der Waals surface area contributed by atoms with Crippen molar-refractivity contribution in [2.45, 2.75) is 38.3 Å². The van der Waals surface area contributed by atoms with Crippen molar-refractivity contribution in [3.05, 3.63) is 0 Å². The molecule has 0 aromatic rings. The average molecular weight is 186 g/mol. The molecule has 1 aliphatic rings. The highest BCUT2D eigenvalue weighted by atomic mass is 16.3. The molecule has 1 amide bonds. The highest BCUT2D eigenvalue weighted by Gasteiger charge is 2.23. The van der Waals surface area contributed by atoms with E-state index in [0.29, 0.717) is 6.54 Å². The molecule has 76 valence electrons. The minimum atomic E-state index is -0.197. The van der Waals surface area contributed by atoms with Gasteiger partial charge in [0.2, 0.25) is 5.91 Å². The fourth-order valence-electron chi connectivity index (χ4n) is 1.67. The lowest BCUT2D eigenvalue weighted by Crippen LogP contribution is -2.40. The van der Waals surface area contributed by atoms with Crippen LogP contribution in [-0.2, 0) is 4.79 Å². The smallest absolute Gasteiger partial charge is 0.216 e. The van der Waals surface area contributed by atoms with Gasteiger partial charge in [0.25, 0.3) is 0 Å². The third kappa shape index (κ3) is 3.74. The fraction of sp³-hybridized carbons (Fsp3) is 0.889. The number of aliphatic hydroxyl groups is 1. The lowest BCUT2D eigenvalue weighted by atomic mass is 10.2. The molecule has 4 heteroatoms. The number of hydrogen-bond donors (Lipinski definition) is 3.